The Labute approximate surface area is 169 Å². The van der Waals surface area contributed by atoms with Crippen molar-refractivity contribution >= 4 is 12.1 Å². The zero-order chi connectivity index (χ0) is 20.0. The first-order valence-electron chi connectivity index (χ1n) is 11.2. The van der Waals surface area contributed by atoms with Gasteiger partial charge in [-0.2, -0.15) is 0 Å². The zero-order valence-corrected chi connectivity index (χ0v) is 17.8. The number of piperidine rings is 1. The number of ether oxygens (including phenoxy) is 2. The molecule has 1 aliphatic heterocycles. The lowest BCUT2D eigenvalue weighted by atomic mass is 9.60. The predicted octanol–water partition coefficient (Wildman–Crippen LogP) is 2.90. The third kappa shape index (κ3) is 4.56. The molecule has 2 saturated carbocycles. The molecule has 2 atom stereocenters. The van der Waals surface area contributed by atoms with Crippen LogP contribution in [0.2, 0.25) is 0 Å². The number of nitrogens with one attached hydrogen (secondary N) is 2. The van der Waals surface area contributed by atoms with E-state index in [9.17, 15) is 4.79 Å². The van der Waals surface area contributed by atoms with Gasteiger partial charge in [0.2, 0.25) is 0 Å². The Kier molecular flexibility index (Phi) is 7.43. The van der Waals surface area contributed by atoms with Crippen molar-refractivity contribution in [2.24, 2.45) is 10.4 Å². The molecule has 0 aromatic heterocycles. The van der Waals surface area contributed by atoms with Crippen LogP contribution >= 0.6 is 0 Å². The lowest BCUT2D eigenvalue weighted by Crippen LogP contribution is -2.65. The van der Waals surface area contributed by atoms with Crippen molar-refractivity contribution in [3.05, 3.63) is 0 Å². The van der Waals surface area contributed by atoms with Crippen molar-refractivity contribution in [1.82, 2.24) is 15.5 Å². The molecular weight excluding hydrogens is 356 g/mol. The number of guanidine groups is 1. The topological polar surface area (TPSA) is 75.2 Å². The fourth-order valence-electron chi connectivity index (χ4n) is 5.16. The van der Waals surface area contributed by atoms with Crippen LogP contribution in [0.5, 0.6) is 0 Å². The molecule has 2 N–H and O–H groups in total. The third-order valence-corrected chi connectivity index (χ3v) is 6.68. The van der Waals surface area contributed by atoms with E-state index in [0.717, 1.165) is 51.5 Å². The van der Waals surface area contributed by atoms with Crippen LogP contribution in [-0.4, -0.2) is 68.0 Å². The second-order valence-electron chi connectivity index (χ2n) is 8.24. The summed E-state index contributed by atoms with van der Waals surface area (Å²) in [7, 11) is 0. The van der Waals surface area contributed by atoms with Crippen LogP contribution in [-0.2, 0) is 9.47 Å². The third-order valence-electron chi connectivity index (χ3n) is 6.68. The summed E-state index contributed by atoms with van der Waals surface area (Å²) in [6.07, 6.45) is 8.23. The Balaban J connectivity index is 1.52. The maximum atomic E-state index is 11.9. The summed E-state index contributed by atoms with van der Waals surface area (Å²) >= 11 is 0. The monoisotopic (exact) mass is 394 g/mol. The molecule has 1 heterocycles. The van der Waals surface area contributed by atoms with Gasteiger partial charge in [0.15, 0.2) is 5.96 Å². The van der Waals surface area contributed by atoms with Crippen molar-refractivity contribution in [2.45, 2.75) is 83.9 Å². The molecule has 7 nitrogen and oxygen atoms in total. The number of rotatable bonds is 6. The number of carbonyl (C=O) groups excluding carboxylic acids is 1. The van der Waals surface area contributed by atoms with Crippen LogP contribution in [0.15, 0.2) is 4.99 Å². The largest absolute Gasteiger partial charge is 0.450 e. The molecule has 2 aliphatic carbocycles. The van der Waals surface area contributed by atoms with Crippen molar-refractivity contribution in [3.63, 3.8) is 0 Å². The number of hydrogen-bond acceptors (Lipinski definition) is 4. The molecule has 28 heavy (non-hydrogen) atoms. The molecule has 0 bridgehead atoms. The first-order chi connectivity index (χ1) is 13.6. The predicted molar refractivity (Wildman–Crippen MR) is 111 cm³/mol. The van der Waals surface area contributed by atoms with Gasteiger partial charge in [-0.1, -0.05) is 12.8 Å². The van der Waals surface area contributed by atoms with Gasteiger partial charge in [-0.3, -0.25) is 4.99 Å². The normalized spacial score (nSPS) is 27.5. The maximum Gasteiger partial charge on any atom is 0.409 e. The molecule has 160 valence electrons. The highest BCUT2D eigenvalue weighted by molar-refractivity contribution is 5.80. The van der Waals surface area contributed by atoms with Crippen LogP contribution in [0.4, 0.5) is 4.79 Å². The Morgan fingerprint density at radius 2 is 1.82 bits per heavy atom. The molecule has 1 amide bonds. The molecule has 3 rings (SSSR count). The van der Waals surface area contributed by atoms with Gasteiger partial charge in [0, 0.05) is 43.7 Å². The summed E-state index contributed by atoms with van der Waals surface area (Å²) in [6.45, 7) is 9.46. The van der Waals surface area contributed by atoms with Crippen molar-refractivity contribution < 1.29 is 14.3 Å². The molecule has 0 aromatic rings. The molecule has 3 aliphatic rings. The van der Waals surface area contributed by atoms with Gasteiger partial charge in [-0.05, 0) is 52.9 Å². The lowest BCUT2D eigenvalue weighted by Gasteiger charge is -2.54. The van der Waals surface area contributed by atoms with E-state index < -0.39 is 0 Å². The molecular formula is C21H38N4O3. The number of carbonyl (C=O) groups is 1. The molecule has 1 spiro atoms. The Hall–Kier alpha value is -1.50. The SMILES string of the molecule is CCN=C(NC1CCN(C(=O)OCC)CC1)NC1CC(OCC)C12CCCC2. The standard InChI is InChI=1S/C21H38N4O3/c1-4-22-19(23-16-9-13-25(14-10-16)20(26)28-6-3)24-17-15-18(27-5-2)21(17)11-7-8-12-21/h16-18H,4-15H2,1-3H3,(H2,22,23,24). The van der Waals surface area contributed by atoms with Gasteiger partial charge in [0.05, 0.1) is 12.7 Å². The minimum Gasteiger partial charge on any atom is -0.450 e. The van der Waals surface area contributed by atoms with Crippen LogP contribution in [0, 0.1) is 5.41 Å². The van der Waals surface area contributed by atoms with Crippen LogP contribution in [0.25, 0.3) is 0 Å². The zero-order valence-electron chi connectivity index (χ0n) is 17.8. The van der Waals surface area contributed by atoms with Crippen LogP contribution in [0.1, 0.15) is 65.7 Å². The van der Waals surface area contributed by atoms with Gasteiger partial charge >= 0.3 is 6.09 Å². The van der Waals surface area contributed by atoms with Gasteiger partial charge in [-0.25, -0.2) is 4.79 Å². The average molecular weight is 395 g/mol. The summed E-state index contributed by atoms with van der Waals surface area (Å²) < 4.78 is 11.2. The molecule has 0 radical (unpaired) electrons. The van der Waals surface area contributed by atoms with E-state index in [-0.39, 0.29) is 6.09 Å². The highest BCUT2D eigenvalue weighted by Crippen LogP contribution is 2.54. The van der Waals surface area contributed by atoms with Gasteiger partial charge < -0.3 is 25.0 Å². The first-order valence-corrected chi connectivity index (χ1v) is 11.2. The van der Waals surface area contributed by atoms with E-state index in [0.29, 0.717) is 30.2 Å². The number of amides is 1. The van der Waals surface area contributed by atoms with Crippen LogP contribution in [0.3, 0.4) is 0 Å². The number of nitrogens with zero attached hydrogens (tertiary/aromatic N) is 2. The second kappa shape index (κ2) is 9.81. The van der Waals surface area contributed by atoms with Crippen LogP contribution < -0.4 is 10.6 Å². The van der Waals surface area contributed by atoms with Gasteiger partial charge in [-0.15, -0.1) is 0 Å². The molecule has 1 saturated heterocycles. The van der Waals surface area contributed by atoms with E-state index in [2.05, 4.69) is 24.5 Å². The lowest BCUT2D eigenvalue weighted by molar-refractivity contribution is -0.125. The van der Waals surface area contributed by atoms with E-state index in [4.69, 9.17) is 14.5 Å². The summed E-state index contributed by atoms with van der Waals surface area (Å²) in [4.78, 5) is 18.4. The first kappa shape index (κ1) is 21.2. The maximum absolute atomic E-state index is 11.9. The summed E-state index contributed by atoms with van der Waals surface area (Å²) in [6, 6.07) is 0.787. The van der Waals surface area contributed by atoms with Gasteiger partial charge in [0.25, 0.3) is 0 Å². The van der Waals surface area contributed by atoms with E-state index in [1.165, 1.54) is 25.7 Å². The molecule has 0 aromatic carbocycles. The highest BCUT2D eigenvalue weighted by atomic mass is 16.6. The van der Waals surface area contributed by atoms with Crippen molar-refractivity contribution in [2.75, 3.05) is 32.8 Å². The summed E-state index contributed by atoms with van der Waals surface area (Å²) in [5.74, 6) is 0.920. The number of likely N-dealkylation sites (tertiary alicyclic amines) is 1. The summed E-state index contributed by atoms with van der Waals surface area (Å²) in [5.41, 5.74) is 0.291. The Morgan fingerprint density at radius 1 is 1.11 bits per heavy atom. The fraction of sp³-hybridized carbons (Fsp3) is 0.905. The Bertz CT molecular complexity index is 540. The molecule has 7 heteroatoms. The van der Waals surface area contributed by atoms with E-state index in [1.54, 1.807) is 4.90 Å². The minimum absolute atomic E-state index is 0.193. The average Bonchev–Trinajstić information content (AvgIpc) is 3.21. The highest BCUT2D eigenvalue weighted by Gasteiger charge is 2.57. The smallest absolute Gasteiger partial charge is 0.409 e. The molecule has 2 unspecified atom stereocenters. The quantitative estimate of drug-likeness (QED) is 0.535. The number of hydrogen-bond donors (Lipinski definition) is 2. The Morgan fingerprint density at radius 3 is 2.43 bits per heavy atom. The fourth-order valence-corrected chi connectivity index (χ4v) is 5.16. The number of aliphatic imine (C=N–C) groups is 1. The van der Waals surface area contributed by atoms with Gasteiger partial charge in [0.1, 0.15) is 0 Å². The second-order valence-corrected chi connectivity index (χ2v) is 8.24. The summed E-state index contributed by atoms with van der Waals surface area (Å²) in [5, 5.41) is 7.35. The van der Waals surface area contributed by atoms with E-state index in [1.807, 2.05) is 6.92 Å². The minimum atomic E-state index is -0.193. The van der Waals surface area contributed by atoms with Crippen molar-refractivity contribution in [1.29, 1.82) is 0 Å². The van der Waals surface area contributed by atoms with E-state index >= 15 is 0 Å². The van der Waals surface area contributed by atoms with Crippen molar-refractivity contribution in [3.8, 4) is 0 Å². The molecule has 3 fully saturated rings.